The quantitative estimate of drug-likeness (QED) is 0.928. The molecule has 1 N–H and O–H groups in total. The fourth-order valence-corrected chi connectivity index (χ4v) is 4.26. The molecular formula is C13H16F3NO2S. The molecule has 1 heterocycles. The van der Waals surface area contributed by atoms with E-state index < -0.39 is 21.6 Å². The van der Waals surface area contributed by atoms with Crippen molar-refractivity contribution >= 4 is 9.84 Å². The summed E-state index contributed by atoms with van der Waals surface area (Å²) in [5.74, 6) is 0.303. The molecule has 1 saturated heterocycles. The Balaban J connectivity index is 1.92. The fourth-order valence-electron chi connectivity index (χ4n) is 2.39. The van der Waals surface area contributed by atoms with Gasteiger partial charge in [0.2, 0.25) is 0 Å². The van der Waals surface area contributed by atoms with Gasteiger partial charge in [0.15, 0.2) is 9.84 Å². The monoisotopic (exact) mass is 307 g/mol. The normalized spacial score (nSPS) is 22.1. The Hall–Kier alpha value is -1.08. The van der Waals surface area contributed by atoms with E-state index in [2.05, 4.69) is 5.32 Å². The lowest BCUT2D eigenvalue weighted by Gasteiger charge is -2.14. The molecule has 0 amide bonds. The van der Waals surface area contributed by atoms with Crippen molar-refractivity contribution in [2.45, 2.75) is 19.1 Å². The first-order valence-corrected chi connectivity index (χ1v) is 8.16. The van der Waals surface area contributed by atoms with E-state index in [1.54, 1.807) is 6.07 Å². The average molecular weight is 307 g/mol. The predicted molar refractivity (Wildman–Crippen MR) is 69.9 cm³/mol. The van der Waals surface area contributed by atoms with Crippen LogP contribution in [0.4, 0.5) is 13.2 Å². The van der Waals surface area contributed by atoms with Crippen LogP contribution < -0.4 is 5.32 Å². The Kier molecular flexibility index (Phi) is 4.39. The van der Waals surface area contributed by atoms with Crippen molar-refractivity contribution in [1.29, 1.82) is 0 Å². The minimum absolute atomic E-state index is 0.00181. The molecule has 0 radical (unpaired) electrons. The first-order valence-electron chi connectivity index (χ1n) is 6.34. The first kappa shape index (κ1) is 15.3. The third kappa shape index (κ3) is 3.96. The third-order valence-corrected chi connectivity index (χ3v) is 5.23. The van der Waals surface area contributed by atoms with E-state index in [1.165, 1.54) is 12.1 Å². The summed E-state index contributed by atoms with van der Waals surface area (Å²) in [4.78, 5) is 0. The van der Waals surface area contributed by atoms with Crippen molar-refractivity contribution in [3.63, 3.8) is 0 Å². The van der Waals surface area contributed by atoms with Gasteiger partial charge in [-0.05, 0) is 30.5 Å². The molecule has 0 aliphatic carbocycles. The van der Waals surface area contributed by atoms with Crippen molar-refractivity contribution in [2.75, 3.05) is 18.1 Å². The SMILES string of the molecule is O=S1(=O)CCC(CNCc2ccccc2C(F)(F)F)C1. The highest BCUT2D eigenvalue weighted by molar-refractivity contribution is 7.91. The molecule has 1 aliphatic rings. The second-order valence-electron chi connectivity index (χ2n) is 5.05. The van der Waals surface area contributed by atoms with E-state index in [1.807, 2.05) is 0 Å². The number of hydrogen-bond acceptors (Lipinski definition) is 3. The van der Waals surface area contributed by atoms with Crippen LogP contribution in [0.2, 0.25) is 0 Å². The van der Waals surface area contributed by atoms with Crippen LogP contribution in [0.15, 0.2) is 24.3 Å². The molecule has 7 heteroatoms. The summed E-state index contributed by atoms with van der Waals surface area (Å²) >= 11 is 0. The smallest absolute Gasteiger partial charge is 0.312 e. The van der Waals surface area contributed by atoms with Crippen LogP contribution >= 0.6 is 0 Å². The zero-order chi connectivity index (χ0) is 14.8. The fraction of sp³-hybridized carbons (Fsp3) is 0.538. The highest BCUT2D eigenvalue weighted by Crippen LogP contribution is 2.31. The standard InChI is InChI=1S/C13H16F3NO2S/c14-13(15,16)12-4-2-1-3-11(12)8-17-7-10-5-6-20(18,19)9-10/h1-4,10,17H,5-9H2. The van der Waals surface area contributed by atoms with E-state index >= 15 is 0 Å². The number of hydrogen-bond donors (Lipinski definition) is 1. The maximum Gasteiger partial charge on any atom is 0.416 e. The minimum Gasteiger partial charge on any atom is -0.312 e. The predicted octanol–water partition coefficient (Wildman–Crippen LogP) is 2.23. The average Bonchev–Trinajstić information content (AvgIpc) is 2.68. The van der Waals surface area contributed by atoms with Gasteiger partial charge in [-0.3, -0.25) is 0 Å². The van der Waals surface area contributed by atoms with Gasteiger partial charge in [0.1, 0.15) is 0 Å². The van der Waals surface area contributed by atoms with Gasteiger partial charge in [0.05, 0.1) is 17.1 Å². The van der Waals surface area contributed by atoms with Crippen molar-refractivity contribution in [3.05, 3.63) is 35.4 Å². The molecule has 1 aromatic carbocycles. The van der Waals surface area contributed by atoms with Gasteiger partial charge in [-0.1, -0.05) is 18.2 Å². The molecule has 112 valence electrons. The minimum atomic E-state index is -4.37. The van der Waals surface area contributed by atoms with Crippen molar-refractivity contribution in [2.24, 2.45) is 5.92 Å². The topological polar surface area (TPSA) is 46.2 Å². The van der Waals surface area contributed by atoms with E-state index in [0.29, 0.717) is 13.0 Å². The molecule has 0 saturated carbocycles. The van der Waals surface area contributed by atoms with Gasteiger partial charge >= 0.3 is 6.18 Å². The van der Waals surface area contributed by atoms with E-state index in [-0.39, 0.29) is 29.5 Å². The maximum absolute atomic E-state index is 12.8. The number of nitrogens with one attached hydrogen (secondary N) is 1. The molecule has 0 spiro atoms. The molecule has 1 fully saturated rings. The van der Waals surface area contributed by atoms with Crippen LogP contribution in [0.1, 0.15) is 17.5 Å². The number of sulfone groups is 1. The Bertz CT molecular complexity index is 569. The van der Waals surface area contributed by atoms with Gasteiger partial charge in [-0.2, -0.15) is 13.2 Å². The summed E-state index contributed by atoms with van der Waals surface area (Å²) in [5, 5.41) is 2.93. The second-order valence-corrected chi connectivity index (χ2v) is 7.28. The van der Waals surface area contributed by atoms with Crippen molar-refractivity contribution in [1.82, 2.24) is 5.32 Å². The molecule has 1 aromatic rings. The molecular weight excluding hydrogens is 291 g/mol. The summed E-state index contributed by atoms with van der Waals surface area (Å²) in [6.45, 7) is 0.512. The Morgan fingerprint density at radius 2 is 1.95 bits per heavy atom. The Morgan fingerprint density at radius 3 is 2.55 bits per heavy atom. The van der Waals surface area contributed by atoms with Gasteiger partial charge in [-0.15, -0.1) is 0 Å². The molecule has 0 bridgehead atoms. The van der Waals surface area contributed by atoms with Crippen molar-refractivity contribution in [3.8, 4) is 0 Å². The van der Waals surface area contributed by atoms with Crippen LogP contribution in [-0.2, 0) is 22.6 Å². The first-order chi connectivity index (χ1) is 9.28. The molecule has 2 rings (SSSR count). The molecule has 1 atom stereocenters. The van der Waals surface area contributed by atoms with E-state index in [0.717, 1.165) is 6.07 Å². The van der Waals surface area contributed by atoms with Gasteiger partial charge in [-0.25, -0.2) is 8.42 Å². The number of halogens is 3. The molecule has 3 nitrogen and oxygen atoms in total. The third-order valence-electron chi connectivity index (χ3n) is 3.40. The summed E-state index contributed by atoms with van der Waals surface area (Å²) in [5.41, 5.74) is -0.465. The lowest BCUT2D eigenvalue weighted by molar-refractivity contribution is -0.138. The summed E-state index contributed by atoms with van der Waals surface area (Å²) < 4.78 is 60.9. The summed E-state index contributed by atoms with van der Waals surface area (Å²) in [7, 11) is -2.94. The van der Waals surface area contributed by atoms with Crippen molar-refractivity contribution < 1.29 is 21.6 Å². The number of benzene rings is 1. The van der Waals surface area contributed by atoms with Crippen LogP contribution in [0.5, 0.6) is 0 Å². The van der Waals surface area contributed by atoms with Crippen LogP contribution in [0.25, 0.3) is 0 Å². The largest absolute Gasteiger partial charge is 0.416 e. The zero-order valence-electron chi connectivity index (χ0n) is 10.8. The van der Waals surface area contributed by atoms with Gasteiger partial charge < -0.3 is 5.32 Å². The highest BCUT2D eigenvalue weighted by atomic mass is 32.2. The molecule has 20 heavy (non-hydrogen) atoms. The van der Waals surface area contributed by atoms with Gasteiger partial charge in [0.25, 0.3) is 0 Å². The maximum atomic E-state index is 12.8. The Morgan fingerprint density at radius 1 is 1.25 bits per heavy atom. The molecule has 1 aliphatic heterocycles. The van der Waals surface area contributed by atoms with Crippen LogP contribution in [0, 0.1) is 5.92 Å². The van der Waals surface area contributed by atoms with Crippen LogP contribution in [-0.4, -0.2) is 26.5 Å². The lowest BCUT2D eigenvalue weighted by Crippen LogP contribution is -2.24. The number of alkyl halides is 3. The highest BCUT2D eigenvalue weighted by Gasteiger charge is 2.33. The zero-order valence-corrected chi connectivity index (χ0v) is 11.6. The molecule has 1 unspecified atom stereocenters. The summed E-state index contributed by atoms with van der Waals surface area (Å²) in [6, 6.07) is 5.40. The summed E-state index contributed by atoms with van der Waals surface area (Å²) in [6.07, 6.45) is -3.79. The second kappa shape index (κ2) is 5.73. The Labute approximate surface area is 116 Å². The number of rotatable bonds is 4. The van der Waals surface area contributed by atoms with E-state index in [4.69, 9.17) is 0 Å². The van der Waals surface area contributed by atoms with E-state index in [9.17, 15) is 21.6 Å². The van der Waals surface area contributed by atoms with Crippen LogP contribution in [0.3, 0.4) is 0 Å². The van der Waals surface area contributed by atoms with Gasteiger partial charge in [0, 0.05) is 6.54 Å². The lowest BCUT2D eigenvalue weighted by atomic mass is 10.1. The molecule has 0 aromatic heterocycles.